The highest BCUT2D eigenvalue weighted by molar-refractivity contribution is 5.77. The van der Waals surface area contributed by atoms with E-state index >= 15 is 0 Å². The van der Waals surface area contributed by atoms with Crippen molar-refractivity contribution in [3.63, 3.8) is 0 Å². The van der Waals surface area contributed by atoms with Crippen molar-refractivity contribution in [3.05, 3.63) is 35.4 Å². The largest absolute Gasteiger partial charge is 0.355 e. The molecule has 0 saturated carbocycles. The minimum Gasteiger partial charge on any atom is -0.355 e. The van der Waals surface area contributed by atoms with Gasteiger partial charge in [-0.3, -0.25) is 4.79 Å². The first-order valence-electron chi connectivity index (χ1n) is 6.18. The maximum absolute atomic E-state index is 11.6. The van der Waals surface area contributed by atoms with Crippen LogP contribution in [0.3, 0.4) is 0 Å². The van der Waals surface area contributed by atoms with Gasteiger partial charge in [0.2, 0.25) is 5.91 Å². The van der Waals surface area contributed by atoms with Gasteiger partial charge in [-0.1, -0.05) is 57.5 Å². The lowest BCUT2D eigenvalue weighted by molar-refractivity contribution is -0.124. The molecule has 1 aromatic rings. The maximum atomic E-state index is 11.6. The lowest BCUT2D eigenvalue weighted by Crippen LogP contribution is -2.38. The number of nitrogens with one attached hydrogen (secondary N) is 1. The van der Waals surface area contributed by atoms with E-state index in [1.165, 1.54) is 11.1 Å². The van der Waals surface area contributed by atoms with Crippen molar-refractivity contribution in [3.8, 4) is 0 Å². The molecule has 0 radical (unpaired) electrons. The van der Waals surface area contributed by atoms with E-state index in [0.717, 1.165) is 0 Å². The Morgan fingerprint density at radius 1 is 1.24 bits per heavy atom. The Bertz CT molecular complexity index is 376. The van der Waals surface area contributed by atoms with Gasteiger partial charge in [-0.2, -0.15) is 0 Å². The number of hydrogen-bond acceptors (Lipinski definition) is 1. The zero-order chi connectivity index (χ0) is 13.1. The van der Waals surface area contributed by atoms with Gasteiger partial charge in [0.15, 0.2) is 0 Å². The van der Waals surface area contributed by atoms with E-state index in [9.17, 15) is 4.79 Å². The molecule has 0 heterocycles. The van der Waals surface area contributed by atoms with Crippen LogP contribution in [-0.2, 0) is 10.2 Å². The van der Waals surface area contributed by atoms with Crippen molar-refractivity contribution in [2.45, 2.75) is 40.0 Å². The van der Waals surface area contributed by atoms with Crippen molar-refractivity contribution in [1.82, 2.24) is 5.32 Å². The molecule has 0 saturated heterocycles. The molecular formula is C15H23NO. The summed E-state index contributed by atoms with van der Waals surface area (Å²) in [5.41, 5.74) is 2.49. The Labute approximate surface area is 104 Å². The number of carbonyl (C=O) groups is 1. The van der Waals surface area contributed by atoms with Crippen LogP contribution in [0.15, 0.2) is 24.3 Å². The van der Waals surface area contributed by atoms with Crippen LogP contribution in [0.1, 0.15) is 38.8 Å². The summed E-state index contributed by atoms with van der Waals surface area (Å²) < 4.78 is 0. The minimum atomic E-state index is -0.0295. The van der Waals surface area contributed by atoms with Crippen LogP contribution in [0, 0.1) is 12.8 Å². The molecule has 0 aliphatic rings. The molecule has 1 aromatic carbocycles. The van der Waals surface area contributed by atoms with Crippen LogP contribution in [0.4, 0.5) is 0 Å². The third kappa shape index (κ3) is 3.88. The van der Waals surface area contributed by atoms with Gasteiger partial charge < -0.3 is 5.32 Å². The van der Waals surface area contributed by atoms with Crippen molar-refractivity contribution in [2.75, 3.05) is 6.54 Å². The van der Waals surface area contributed by atoms with Crippen molar-refractivity contribution in [1.29, 1.82) is 0 Å². The molecular weight excluding hydrogens is 210 g/mol. The Morgan fingerprint density at radius 3 is 2.24 bits per heavy atom. The van der Waals surface area contributed by atoms with Crippen LogP contribution in [-0.4, -0.2) is 12.5 Å². The second kappa shape index (κ2) is 5.35. The summed E-state index contributed by atoms with van der Waals surface area (Å²) in [5, 5.41) is 3.00. The van der Waals surface area contributed by atoms with Crippen molar-refractivity contribution >= 4 is 5.91 Å². The van der Waals surface area contributed by atoms with Gasteiger partial charge in [-0.15, -0.1) is 0 Å². The lowest BCUT2D eigenvalue weighted by atomic mass is 9.84. The van der Waals surface area contributed by atoms with E-state index < -0.39 is 0 Å². The molecule has 1 rings (SSSR count). The van der Waals surface area contributed by atoms with Gasteiger partial charge >= 0.3 is 0 Å². The van der Waals surface area contributed by atoms with Crippen LogP contribution in [0.5, 0.6) is 0 Å². The van der Waals surface area contributed by atoms with E-state index in [1.807, 2.05) is 13.8 Å². The molecule has 1 amide bonds. The SMILES string of the molecule is Cc1ccc(C(C)(C)CNC(=O)C(C)C)cc1. The topological polar surface area (TPSA) is 29.1 Å². The predicted molar refractivity (Wildman–Crippen MR) is 72.1 cm³/mol. The number of aryl methyl sites for hydroxylation is 1. The molecule has 0 atom stereocenters. The number of rotatable bonds is 4. The lowest BCUT2D eigenvalue weighted by Gasteiger charge is -2.26. The quantitative estimate of drug-likeness (QED) is 0.851. The standard InChI is InChI=1S/C15H23NO/c1-11(2)14(17)16-10-15(4,5)13-8-6-12(3)7-9-13/h6-9,11H,10H2,1-5H3,(H,16,17). The molecule has 17 heavy (non-hydrogen) atoms. The van der Waals surface area contributed by atoms with Crippen LogP contribution < -0.4 is 5.32 Å². The molecule has 0 spiro atoms. The average Bonchev–Trinajstić information content (AvgIpc) is 2.26. The molecule has 2 nitrogen and oxygen atoms in total. The normalized spacial score (nSPS) is 11.6. The van der Waals surface area contributed by atoms with Gasteiger partial charge in [0.25, 0.3) is 0 Å². The Balaban J connectivity index is 2.68. The fraction of sp³-hybridized carbons (Fsp3) is 0.533. The molecule has 0 unspecified atom stereocenters. The fourth-order valence-corrected chi connectivity index (χ4v) is 1.62. The first-order valence-corrected chi connectivity index (χ1v) is 6.18. The van der Waals surface area contributed by atoms with Crippen LogP contribution in [0.25, 0.3) is 0 Å². The molecule has 94 valence electrons. The maximum Gasteiger partial charge on any atom is 0.222 e. The zero-order valence-electron chi connectivity index (χ0n) is 11.5. The van der Waals surface area contributed by atoms with E-state index in [4.69, 9.17) is 0 Å². The third-order valence-corrected chi connectivity index (χ3v) is 3.06. The summed E-state index contributed by atoms with van der Waals surface area (Å²) in [5.74, 6) is 0.161. The van der Waals surface area contributed by atoms with E-state index in [1.54, 1.807) is 0 Å². The molecule has 0 aliphatic heterocycles. The number of benzene rings is 1. The highest BCUT2D eigenvalue weighted by Gasteiger charge is 2.21. The minimum absolute atomic E-state index is 0.0295. The van der Waals surface area contributed by atoms with E-state index in [-0.39, 0.29) is 17.2 Å². The summed E-state index contributed by atoms with van der Waals surface area (Å²) in [4.78, 5) is 11.6. The fourth-order valence-electron chi connectivity index (χ4n) is 1.62. The second-order valence-electron chi connectivity index (χ2n) is 5.62. The van der Waals surface area contributed by atoms with E-state index in [2.05, 4.69) is 50.4 Å². The zero-order valence-corrected chi connectivity index (χ0v) is 11.5. The summed E-state index contributed by atoms with van der Waals surface area (Å²) >= 11 is 0. The first-order chi connectivity index (χ1) is 7.83. The monoisotopic (exact) mass is 233 g/mol. The van der Waals surface area contributed by atoms with Gasteiger partial charge in [0, 0.05) is 17.9 Å². The average molecular weight is 233 g/mol. The summed E-state index contributed by atoms with van der Waals surface area (Å²) in [6.07, 6.45) is 0. The molecule has 0 aliphatic carbocycles. The molecule has 0 fully saturated rings. The number of carbonyl (C=O) groups excluding carboxylic acids is 1. The number of hydrogen-bond donors (Lipinski definition) is 1. The Kier molecular flexibility index (Phi) is 4.33. The third-order valence-electron chi connectivity index (χ3n) is 3.06. The highest BCUT2D eigenvalue weighted by atomic mass is 16.1. The van der Waals surface area contributed by atoms with Crippen molar-refractivity contribution in [2.24, 2.45) is 5.92 Å². The molecule has 1 N–H and O–H groups in total. The van der Waals surface area contributed by atoms with Crippen molar-refractivity contribution < 1.29 is 4.79 Å². The van der Waals surface area contributed by atoms with Crippen LogP contribution in [0.2, 0.25) is 0 Å². The van der Waals surface area contributed by atoms with E-state index in [0.29, 0.717) is 6.54 Å². The Morgan fingerprint density at radius 2 is 1.76 bits per heavy atom. The molecule has 0 bridgehead atoms. The first kappa shape index (κ1) is 13.8. The molecule has 2 heteroatoms. The number of amides is 1. The predicted octanol–water partition coefficient (Wildman–Crippen LogP) is 3.04. The van der Waals surface area contributed by atoms with Gasteiger partial charge in [0.05, 0.1) is 0 Å². The van der Waals surface area contributed by atoms with Gasteiger partial charge in [0.1, 0.15) is 0 Å². The summed E-state index contributed by atoms with van der Waals surface area (Å²) in [6, 6.07) is 8.50. The Hall–Kier alpha value is -1.31. The van der Waals surface area contributed by atoms with Gasteiger partial charge in [-0.05, 0) is 12.5 Å². The molecule has 0 aromatic heterocycles. The van der Waals surface area contributed by atoms with Gasteiger partial charge in [-0.25, -0.2) is 0 Å². The smallest absolute Gasteiger partial charge is 0.222 e. The summed E-state index contributed by atoms with van der Waals surface area (Å²) in [7, 11) is 0. The second-order valence-corrected chi connectivity index (χ2v) is 5.62. The van der Waals surface area contributed by atoms with Crippen LogP contribution >= 0.6 is 0 Å². The highest BCUT2D eigenvalue weighted by Crippen LogP contribution is 2.22. The summed E-state index contributed by atoms with van der Waals surface area (Å²) in [6.45, 7) is 10.9.